The molecule has 0 amide bonds. The summed E-state index contributed by atoms with van der Waals surface area (Å²) in [5, 5.41) is 3.51. The zero-order valence-electron chi connectivity index (χ0n) is 11.6. The summed E-state index contributed by atoms with van der Waals surface area (Å²) >= 11 is 0. The molecule has 1 saturated carbocycles. The third-order valence-electron chi connectivity index (χ3n) is 4.26. The van der Waals surface area contributed by atoms with Crippen LogP contribution in [0.2, 0.25) is 0 Å². The molecule has 2 nitrogen and oxygen atoms in total. The van der Waals surface area contributed by atoms with Crippen LogP contribution in [-0.4, -0.2) is 20.2 Å². The fraction of sp³-hybridized carbons (Fsp3) is 0.625. The molecule has 1 aromatic rings. The SMILES string of the molecule is CNC(CCc1ccccc1OC)C1CCCC1. The molecule has 100 valence electrons. The number of ether oxygens (including phenoxy) is 1. The van der Waals surface area contributed by atoms with Crippen LogP contribution in [0.5, 0.6) is 5.75 Å². The van der Waals surface area contributed by atoms with Gasteiger partial charge in [-0.1, -0.05) is 31.0 Å². The fourth-order valence-electron chi connectivity index (χ4n) is 3.20. The quantitative estimate of drug-likeness (QED) is 0.832. The molecule has 1 aromatic carbocycles. The average Bonchev–Trinajstić information content (AvgIpc) is 2.94. The molecular weight excluding hydrogens is 222 g/mol. The molecule has 0 aromatic heterocycles. The first-order chi connectivity index (χ1) is 8.85. The maximum Gasteiger partial charge on any atom is 0.122 e. The van der Waals surface area contributed by atoms with Crippen molar-refractivity contribution in [3.8, 4) is 5.75 Å². The van der Waals surface area contributed by atoms with Gasteiger partial charge in [0.25, 0.3) is 0 Å². The minimum Gasteiger partial charge on any atom is -0.496 e. The highest BCUT2D eigenvalue weighted by Crippen LogP contribution is 2.30. The lowest BCUT2D eigenvalue weighted by Gasteiger charge is -2.23. The summed E-state index contributed by atoms with van der Waals surface area (Å²) in [6, 6.07) is 9.04. The summed E-state index contributed by atoms with van der Waals surface area (Å²) in [6.07, 6.45) is 7.94. The zero-order valence-corrected chi connectivity index (χ0v) is 11.6. The molecule has 2 heteroatoms. The van der Waals surface area contributed by atoms with E-state index in [0.717, 1.165) is 18.1 Å². The Morgan fingerprint density at radius 1 is 1.28 bits per heavy atom. The molecule has 0 spiro atoms. The van der Waals surface area contributed by atoms with Crippen LogP contribution in [0, 0.1) is 5.92 Å². The van der Waals surface area contributed by atoms with Gasteiger partial charge in [0, 0.05) is 6.04 Å². The molecular formula is C16H25NO. The zero-order chi connectivity index (χ0) is 12.8. The minimum atomic E-state index is 0.664. The van der Waals surface area contributed by atoms with Crippen LogP contribution >= 0.6 is 0 Å². The summed E-state index contributed by atoms with van der Waals surface area (Å²) in [7, 11) is 3.86. The number of aryl methyl sites for hydroxylation is 1. The highest BCUT2D eigenvalue weighted by atomic mass is 16.5. The number of para-hydroxylation sites is 1. The van der Waals surface area contributed by atoms with Crippen LogP contribution < -0.4 is 10.1 Å². The second-order valence-corrected chi connectivity index (χ2v) is 5.29. The molecule has 0 saturated heterocycles. The van der Waals surface area contributed by atoms with Gasteiger partial charge >= 0.3 is 0 Å². The molecule has 0 heterocycles. The summed E-state index contributed by atoms with van der Waals surface area (Å²) < 4.78 is 5.42. The number of hydrogen-bond acceptors (Lipinski definition) is 2. The van der Waals surface area contributed by atoms with E-state index in [4.69, 9.17) is 4.74 Å². The number of rotatable bonds is 6. The predicted octanol–water partition coefficient (Wildman–Crippen LogP) is 3.41. The van der Waals surface area contributed by atoms with E-state index in [1.54, 1.807) is 7.11 Å². The Morgan fingerprint density at radius 3 is 2.67 bits per heavy atom. The molecule has 1 unspecified atom stereocenters. The predicted molar refractivity (Wildman–Crippen MR) is 76.1 cm³/mol. The maximum absolute atomic E-state index is 5.42. The van der Waals surface area contributed by atoms with Crippen LogP contribution in [0.15, 0.2) is 24.3 Å². The van der Waals surface area contributed by atoms with Gasteiger partial charge in [-0.25, -0.2) is 0 Å². The van der Waals surface area contributed by atoms with Gasteiger partial charge in [0.2, 0.25) is 0 Å². The van der Waals surface area contributed by atoms with Crippen LogP contribution in [0.25, 0.3) is 0 Å². The Bertz CT molecular complexity index is 358. The van der Waals surface area contributed by atoms with Crippen molar-refractivity contribution in [2.75, 3.05) is 14.2 Å². The van der Waals surface area contributed by atoms with E-state index in [-0.39, 0.29) is 0 Å². The number of hydrogen-bond donors (Lipinski definition) is 1. The second-order valence-electron chi connectivity index (χ2n) is 5.29. The first kappa shape index (κ1) is 13.4. The normalized spacial score (nSPS) is 17.9. The lowest BCUT2D eigenvalue weighted by atomic mass is 9.92. The molecule has 1 aliphatic rings. The third kappa shape index (κ3) is 3.26. The van der Waals surface area contributed by atoms with Crippen molar-refractivity contribution in [1.82, 2.24) is 5.32 Å². The Morgan fingerprint density at radius 2 is 2.00 bits per heavy atom. The van der Waals surface area contributed by atoms with Crippen molar-refractivity contribution in [2.24, 2.45) is 5.92 Å². The second kappa shape index (κ2) is 6.79. The summed E-state index contributed by atoms with van der Waals surface area (Å²) in [5.74, 6) is 1.91. The Labute approximate surface area is 111 Å². The van der Waals surface area contributed by atoms with E-state index < -0.39 is 0 Å². The molecule has 1 atom stereocenters. The van der Waals surface area contributed by atoms with Gasteiger partial charge in [-0.3, -0.25) is 0 Å². The van der Waals surface area contributed by atoms with E-state index in [0.29, 0.717) is 6.04 Å². The summed E-state index contributed by atoms with van der Waals surface area (Å²) in [4.78, 5) is 0. The number of benzene rings is 1. The molecule has 1 aliphatic carbocycles. The Balaban J connectivity index is 1.92. The van der Waals surface area contributed by atoms with Gasteiger partial charge in [0.1, 0.15) is 5.75 Å². The molecule has 0 aliphatic heterocycles. The van der Waals surface area contributed by atoms with Gasteiger partial charge < -0.3 is 10.1 Å². The van der Waals surface area contributed by atoms with E-state index >= 15 is 0 Å². The highest BCUT2D eigenvalue weighted by Gasteiger charge is 2.23. The maximum atomic E-state index is 5.42. The van der Waals surface area contributed by atoms with E-state index in [1.807, 2.05) is 6.07 Å². The third-order valence-corrected chi connectivity index (χ3v) is 4.26. The summed E-state index contributed by atoms with van der Waals surface area (Å²) in [6.45, 7) is 0. The first-order valence-electron chi connectivity index (χ1n) is 7.14. The van der Waals surface area contributed by atoms with Crippen LogP contribution in [-0.2, 0) is 6.42 Å². The van der Waals surface area contributed by atoms with Gasteiger partial charge in [0.05, 0.1) is 7.11 Å². The van der Waals surface area contributed by atoms with E-state index in [1.165, 1.54) is 37.7 Å². The van der Waals surface area contributed by atoms with Gasteiger partial charge in [0.15, 0.2) is 0 Å². The van der Waals surface area contributed by atoms with Crippen molar-refractivity contribution in [3.05, 3.63) is 29.8 Å². The van der Waals surface area contributed by atoms with Gasteiger partial charge in [-0.15, -0.1) is 0 Å². The average molecular weight is 247 g/mol. The highest BCUT2D eigenvalue weighted by molar-refractivity contribution is 5.33. The van der Waals surface area contributed by atoms with Crippen LogP contribution in [0.4, 0.5) is 0 Å². The van der Waals surface area contributed by atoms with Crippen molar-refractivity contribution < 1.29 is 4.74 Å². The largest absolute Gasteiger partial charge is 0.496 e. The molecule has 1 fully saturated rings. The fourth-order valence-corrected chi connectivity index (χ4v) is 3.20. The van der Waals surface area contributed by atoms with Crippen LogP contribution in [0.1, 0.15) is 37.7 Å². The topological polar surface area (TPSA) is 21.3 Å². The smallest absolute Gasteiger partial charge is 0.122 e. The van der Waals surface area contributed by atoms with Gasteiger partial charge in [-0.05, 0) is 50.3 Å². The number of nitrogens with one attached hydrogen (secondary N) is 1. The Kier molecular flexibility index (Phi) is 5.06. The van der Waals surface area contributed by atoms with Crippen molar-refractivity contribution in [1.29, 1.82) is 0 Å². The van der Waals surface area contributed by atoms with Crippen molar-refractivity contribution in [3.63, 3.8) is 0 Å². The lowest BCUT2D eigenvalue weighted by molar-refractivity contribution is 0.356. The van der Waals surface area contributed by atoms with E-state index in [2.05, 4.69) is 30.6 Å². The molecule has 0 radical (unpaired) electrons. The minimum absolute atomic E-state index is 0.664. The van der Waals surface area contributed by atoms with Crippen molar-refractivity contribution in [2.45, 2.75) is 44.6 Å². The lowest BCUT2D eigenvalue weighted by Crippen LogP contribution is -2.32. The van der Waals surface area contributed by atoms with Crippen molar-refractivity contribution >= 4 is 0 Å². The van der Waals surface area contributed by atoms with E-state index in [9.17, 15) is 0 Å². The molecule has 18 heavy (non-hydrogen) atoms. The first-order valence-corrected chi connectivity index (χ1v) is 7.14. The monoisotopic (exact) mass is 247 g/mol. The summed E-state index contributed by atoms with van der Waals surface area (Å²) in [5.41, 5.74) is 1.33. The Hall–Kier alpha value is -1.02. The molecule has 0 bridgehead atoms. The van der Waals surface area contributed by atoms with Crippen LogP contribution in [0.3, 0.4) is 0 Å². The number of methoxy groups -OCH3 is 1. The standard InChI is InChI=1S/C16H25NO/c1-17-15(13-7-3-4-8-13)12-11-14-9-5-6-10-16(14)18-2/h5-6,9-10,13,15,17H,3-4,7-8,11-12H2,1-2H3. The van der Waals surface area contributed by atoms with Gasteiger partial charge in [-0.2, -0.15) is 0 Å². The molecule has 1 N–H and O–H groups in total. The molecule has 2 rings (SSSR count).